The lowest BCUT2D eigenvalue weighted by Crippen LogP contribution is -2.30. The fourth-order valence-corrected chi connectivity index (χ4v) is 4.21. The number of anilines is 1. The molecule has 0 fully saturated rings. The summed E-state index contributed by atoms with van der Waals surface area (Å²) in [7, 11) is 1.67. The number of carbonyl (C=O) groups is 1. The first kappa shape index (κ1) is 15.8. The summed E-state index contributed by atoms with van der Waals surface area (Å²) in [6.45, 7) is 1.89. The molecule has 1 heterocycles. The van der Waals surface area contributed by atoms with Crippen molar-refractivity contribution in [1.82, 2.24) is 0 Å². The van der Waals surface area contributed by atoms with Gasteiger partial charge in [0, 0.05) is 11.6 Å². The Morgan fingerprint density at radius 2 is 2.12 bits per heavy atom. The number of hydrogen-bond acceptors (Lipinski definition) is 3. The number of allylic oxidation sites excluding steroid dienone is 2. The third-order valence-electron chi connectivity index (χ3n) is 5.48. The summed E-state index contributed by atoms with van der Waals surface area (Å²) in [5.41, 5.74) is 4.48. The monoisotopic (exact) mass is 335 g/mol. The highest BCUT2D eigenvalue weighted by molar-refractivity contribution is 5.92. The molecule has 4 rings (SSSR count). The van der Waals surface area contributed by atoms with Gasteiger partial charge in [0.25, 0.3) is 0 Å². The van der Waals surface area contributed by atoms with E-state index < -0.39 is 5.97 Å². The van der Waals surface area contributed by atoms with Gasteiger partial charge in [0.15, 0.2) is 0 Å². The molecule has 2 N–H and O–H groups in total. The van der Waals surface area contributed by atoms with Crippen molar-refractivity contribution in [3.05, 3.63) is 70.8 Å². The number of aromatic carboxylic acids is 1. The molecular formula is C21H21NO3. The van der Waals surface area contributed by atoms with Gasteiger partial charge in [-0.1, -0.05) is 30.4 Å². The van der Waals surface area contributed by atoms with E-state index in [0.717, 1.165) is 23.4 Å². The van der Waals surface area contributed by atoms with Gasteiger partial charge in [-0.3, -0.25) is 0 Å². The minimum Gasteiger partial charge on any atom is -0.497 e. The summed E-state index contributed by atoms with van der Waals surface area (Å²) in [5, 5.41) is 13.1. The molecular weight excluding hydrogens is 314 g/mol. The van der Waals surface area contributed by atoms with Crippen LogP contribution < -0.4 is 10.1 Å². The number of benzene rings is 2. The third-order valence-corrected chi connectivity index (χ3v) is 5.48. The molecule has 0 radical (unpaired) electrons. The Balaban J connectivity index is 1.83. The molecule has 0 saturated heterocycles. The van der Waals surface area contributed by atoms with Crippen LogP contribution in [-0.4, -0.2) is 18.2 Å². The SMILES string of the molecule is COc1cccc([C@@H]2Nc3c(ccc(C(=O)O)c3C)[C@H]3C=CC[C@@H]32)c1. The van der Waals surface area contributed by atoms with Crippen molar-refractivity contribution in [2.24, 2.45) is 5.92 Å². The second-order valence-electron chi connectivity index (χ2n) is 6.76. The fraction of sp³-hybridized carbons (Fsp3) is 0.286. The highest BCUT2D eigenvalue weighted by atomic mass is 16.5. The smallest absolute Gasteiger partial charge is 0.336 e. The third kappa shape index (κ3) is 2.49. The van der Waals surface area contributed by atoms with Crippen LogP contribution in [0.1, 0.15) is 45.4 Å². The largest absolute Gasteiger partial charge is 0.497 e. The minimum absolute atomic E-state index is 0.130. The second kappa shape index (κ2) is 5.96. The second-order valence-corrected chi connectivity index (χ2v) is 6.76. The maximum atomic E-state index is 11.5. The van der Waals surface area contributed by atoms with Crippen molar-refractivity contribution >= 4 is 11.7 Å². The van der Waals surface area contributed by atoms with Crippen molar-refractivity contribution in [3.63, 3.8) is 0 Å². The van der Waals surface area contributed by atoms with E-state index in [9.17, 15) is 9.90 Å². The Morgan fingerprint density at radius 3 is 2.88 bits per heavy atom. The van der Waals surface area contributed by atoms with Gasteiger partial charge >= 0.3 is 5.97 Å². The molecule has 4 nitrogen and oxygen atoms in total. The van der Waals surface area contributed by atoms with Crippen LogP contribution in [0.4, 0.5) is 5.69 Å². The van der Waals surface area contributed by atoms with Gasteiger partial charge in [-0.25, -0.2) is 4.79 Å². The predicted octanol–water partition coefficient (Wildman–Crippen LogP) is 4.53. The Labute approximate surface area is 147 Å². The molecule has 1 aliphatic heterocycles. The topological polar surface area (TPSA) is 58.6 Å². The van der Waals surface area contributed by atoms with E-state index in [4.69, 9.17) is 4.74 Å². The maximum Gasteiger partial charge on any atom is 0.336 e. The standard InChI is InChI=1S/C21H21NO3/c1-12-15(21(23)24)9-10-18-16-7-4-8-17(16)20(22-19(12)18)13-5-3-6-14(11-13)25-2/h3-7,9-11,16-17,20,22H,8H2,1-2H3,(H,23,24)/t16-,17-,20-/m0/s1. The van der Waals surface area contributed by atoms with Crippen molar-refractivity contribution in [1.29, 1.82) is 0 Å². The zero-order chi connectivity index (χ0) is 17.6. The predicted molar refractivity (Wildman–Crippen MR) is 97.5 cm³/mol. The zero-order valence-corrected chi connectivity index (χ0v) is 14.3. The number of ether oxygens (including phenoxy) is 1. The molecule has 2 aliphatic rings. The summed E-state index contributed by atoms with van der Waals surface area (Å²) in [5.74, 6) is 0.691. The molecule has 3 atom stereocenters. The number of carboxylic acid groups (broad SMARTS) is 1. The first-order chi connectivity index (χ1) is 12.1. The highest BCUT2D eigenvalue weighted by Gasteiger charge is 2.39. The van der Waals surface area contributed by atoms with Gasteiger partial charge in [-0.05, 0) is 54.2 Å². The molecule has 4 heteroatoms. The van der Waals surface area contributed by atoms with E-state index in [1.165, 1.54) is 11.1 Å². The Bertz CT molecular complexity index is 871. The zero-order valence-electron chi connectivity index (χ0n) is 14.3. The van der Waals surface area contributed by atoms with Crippen LogP contribution in [0.25, 0.3) is 0 Å². The molecule has 0 saturated carbocycles. The van der Waals surface area contributed by atoms with Gasteiger partial charge in [-0.2, -0.15) is 0 Å². The van der Waals surface area contributed by atoms with E-state index in [1.54, 1.807) is 13.2 Å². The lowest BCUT2D eigenvalue weighted by Gasteiger charge is -2.38. The fourth-order valence-electron chi connectivity index (χ4n) is 4.21. The lowest BCUT2D eigenvalue weighted by molar-refractivity contribution is 0.0696. The van der Waals surface area contributed by atoms with E-state index >= 15 is 0 Å². The number of methoxy groups -OCH3 is 1. The van der Waals surface area contributed by atoms with Gasteiger partial charge < -0.3 is 15.2 Å². The normalized spacial score (nSPS) is 23.5. The summed E-state index contributed by atoms with van der Waals surface area (Å²) in [4.78, 5) is 11.5. The quantitative estimate of drug-likeness (QED) is 0.809. The average Bonchev–Trinajstić information content (AvgIpc) is 3.11. The van der Waals surface area contributed by atoms with Crippen molar-refractivity contribution in [3.8, 4) is 5.75 Å². The molecule has 128 valence electrons. The first-order valence-corrected chi connectivity index (χ1v) is 8.54. The molecule has 0 amide bonds. The molecule has 0 spiro atoms. The average molecular weight is 335 g/mol. The van der Waals surface area contributed by atoms with Crippen LogP contribution in [0.15, 0.2) is 48.6 Å². The van der Waals surface area contributed by atoms with Crippen LogP contribution in [0.5, 0.6) is 5.75 Å². The molecule has 2 aromatic rings. The summed E-state index contributed by atoms with van der Waals surface area (Å²) in [6, 6.07) is 11.9. The highest BCUT2D eigenvalue weighted by Crippen LogP contribution is 2.51. The number of hydrogen-bond donors (Lipinski definition) is 2. The van der Waals surface area contributed by atoms with Crippen LogP contribution >= 0.6 is 0 Å². The Hall–Kier alpha value is -2.75. The van der Waals surface area contributed by atoms with Crippen LogP contribution in [0.3, 0.4) is 0 Å². The van der Waals surface area contributed by atoms with Crippen molar-refractivity contribution in [2.75, 3.05) is 12.4 Å². The number of nitrogens with one attached hydrogen (secondary N) is 1. The molecule has 0 bridgehead atoms. The van der Waals surface area contributed by atoms with Gasteiger partial charge in [-0.15, -0.1) is 0 Å². The summed E-state index contributed by atoms with van der Waals surface area (Å²) in [6.07, 6.45) is 5.51. The summed E-state index contributed by atoms with van der Waals surface area (Å²) < 4.78 is 5.38. The van der Waals surface area contributed by atoms with Crippen LogP contribution in [0, 0.1) is 12.8 Å². The molecule has 0 unspecified atom stereocenters. The Kier molecular flexibility index (Phi) is 3.75. The molecule has 2 aromatic carbocycles. The van der Waals surface area contributed by atoms with Gasteiger partial charge in [0.2, 0.25) is 0 Å². The van der Waals surface area contributed by atoms with Gasteiger partial charge in [0.05, 0.1) is 18.7 Å². The number of fused-ring (bicyclic) bond motifs is 3. The molecule has 25 heavy (non-hydrogen) atoms. The maximum absolute atomic E-state index is 11.5. The molecule has 1 aliphatic carbocycles. The van der Waals surface area contributed by atoms with E-state index in [1.807, 2.05) is 25.1 Å². The number of rotatable bonds is 3. The van der Waals surface area contributed by atoms with Crippen molar-refractivity contribution < 1.29 is 14.6 Å². The number of carboxylic acids is 1. The minimum atomic E-state index is -0.885. The summed E-state index contributed by atoms with van der Waals surface area (Å²) >= 11 is 0. The van der Waals surface area contributed by atoms with E-state index in [2.05, 4.69) is 29.6 Å². The van der Waals surface area contributed by atoms with Crippen LogP contribution in [0.2, 0.25) is 0 Å². The first-order valence-electron chi connectivity index (χ1n) is 8.54. The van der Waals surface area contributed by atoms with E-state index in [-0.39, 0.29) is 6.04 Å². The van der Waals surface area contributed by atoms with Crippen LogP contribution in [-0.2, 0) is 0 Å². The Morgan fingerprint density at radius 1 is 1.28 bits per heavy atom. The molecule has 0 aromatic heterocycles. The van der Waals surface area contributed by atoms with Crippen molar-refractivity contribution in [2.45, 2.75) is 25.3 Å². The van der Waals surface area contributed by atoms with Gasteiger partial charge in [0.1, 0.15) is 5.75 Å². The van der Waals surface area contributed by atoms with E-state index in [0.29, 0.717) is 17.4 Å². The lowest BCUT2D eigenvalue weighted by atomic mass is 9.76.